The normalized spacial score (nSPS) is 30.6. The van der Waals surface area contributed by atoms with Crippen molar-refractivity contribution in [3.05, 3.63) is 0 Å². The van der Waals surface area contributed by atoms with Gasteiger partial charge in [-0.15, -0.1) is 0 Å². The van der Waals surface area contributed by atoms with E-state index >= 15 is 0 Å². The van der Waals surface area contributed by atoms with Gasteiger partial charge in [0.05, 0.1) is 13.7 Å². The van der Waals surface area contributed by atoms with Crippen LogP contribution in [0, 0.1) is 0 Å². The lowest BCUT2D eigenvalue weighted by atomic mass is 9.90. The van der Waals surface area contributed by atoms with E-state index in [9.17, 15) is 9.59 Å². The Morgan fingerprint density at radius 1 is 1.27 bits per heavy atom. The number of carbonyl (C=O) groups is 2. The standard InChI is InChI=1S/C15H25NO6/c1-13(2,3)21-12(18)16-8-7-10-15(9-16,11(17)19-6)22-14(4,5)20-10/h10H,7-9H2,1-6H3/t10-,15+/m1/s1. The molecule has 2 atom stereocenters. The summed E-state index contributed by atoms with van der Waals surface area (Å²) in [5.41, 5.74) is -1.90. The first-order chi connectivity index (χ1) is 9.99. The molecule has 22 heavy (non-hydrogen) atoms. The van der Waals surface area contributed by atoms with E-state index in [4.69, 9.17) is 18.9 Å². The minimum atomic E-state index is -1.30. The number of ether oxygens (including phenoxy) is 4. The van der Waals surface area contributed by atoms with Gasteiger partial charge in [-0.25, -0.2) is 9.59 Å². The zero-order valence-corrected chi connectivity index (χ0v) is 14.1. The Bertz CT molecular complexity index is 469. The summed E-state index contributed by atoms with van der Waals surface area (Å²) in [7, 11) is 1.30. The molecule has 0 N–H and O–H groups in total. The average molecular weight is 315 g/mol. The number of hydrogen-bond acceptors (Lipinski definition) is 6. The highest BCUT2D eigenvalue weighted by Crippen LogP contribution is 2.42. The Kier molecular flexibility index (Phi) is 4.16. The molecule has 0 saturated carbocycles. The molecule has 0 unspecified atom stereocenters. The van der Waals surface area contributed by atoms with Crippen LogP contribution in [-0.2, 0) is 23.7 Å². The highest BCUT2D eigenvalue weighted by Gasteiger charge is 2.62. The smallest absolute Gasteiger partial charge is 0.410 e. The number of esters is 1. The summed E-state index contributed by atoms with van der Waals surface area (Å²) in [5.74, 6) is -1.43. The van der Waals surface area contributed by atoms with Crippen LogP contribution >= 0.6 is 0 Å². The third-order valence-electron chi connectivity index (χ3n) is 3.64. The molecule has 0 aromatic rings. The van der Waals surface area contributed by atoms with Crippen LogP contribution in [0.5, 0.6) is 0 Å². The first-order valence-electron chi connectivity index (χ1n) is 7.43. The predicted molar refractivity (Wildman–Crippen MR) is 77.2 cm³/mol. The number of piperidine rings is 1. The number of methoxy groups -OCH3 is 1. The molecule has 2 heterocycles. The number of amides is 1. The molecule has 2 saturated heterocycles. The van der Waals surface area contributed by atoms with Gasteiger partial charge in [-0.1, -0.05) is 0 Å². The summed E-state index contributed by atoms with van der Waals surface area (Å²) < 4.78 is 21.9. The highest BCUT2D eigenvalue weighted by atomic mass is 16.8. The van der Waals surface area contributed by atoms with E-state index < -0.39 is 35.2 Å². The zero-order valence-electron chi connectivity index (χ0n) is 14.1. The van der Waals surface area contributed by atoms with Crippen LogP contribution in [0.3, 0.4) is 0 Å². The second kappa shape index (κ2) is 5.38. The molecule has 2 rings (SSSR count). The van der Waals surface area contributed by atoms with E-state index in [1.165, 1.54) is 12.0 Å². The average Bonchev–Trinajstić information content (AvgIpc) is 2.65. The summed E-state index contributed by atoms with van der Waals surface area (Å²) in [4.78, 5) is 26.1. The van der Waals surface area contributed by atoms with E-state index in [1.807, 2.05) is 0 Å². The first kappa shape index (κ1) is 17.0. The van der Waals surface area contributed by atoms with Gasteiger partial charge in [0, 0.05) is 6.54 Å². The van der Waals surface area contributed by atoms with Crippen molar-refractivity contribution >= 4 is 12.1 Å². The van der Waals surface area contributed by atoms with Crippen molar-refractivity contribution in [2.45, 2.75) is 64.1 Å². The number of likely N-dealkylation sites (tertiary alicyclic amines) is 1. The van der Waals surface area contributed by atoms with Crippen molar-refractivity contribution in [3.63, 3.8) is 0 Å². The maximum atomic E-state index is 12.3. The molecule has 0 aliphatic carbocycles. The molecule has 7 heteroatoms. The van der Waals surface area contributed by atoms with E-state index in [2.05, 4.69) is 0 Å². The topological polar surface area (TPSA) is 74.3 Å². The molecule has 2 aliphatic heterocycles. The van der Waals surface area contributed by atoms with Crippen LogP contribution in [0.2, 0.25) is 0 Å². The van der Waals surface area contributed by atoms with Gasteiger partial charge in [0.2, 0.25) is 5.60 Å². The Hall–Kier alpha value is -1.34. The lowest BCUT2D eigenvalue weighted by molar-refractivity contribution is -0.190. The Morgan fingerprint density at radius 3 is 2.45 bits per heavy atom. The maximum Gasteiger partial charge on any atom is 0.410 e. The predicted octanol–water partition coefficient (Wildman–Crippen LogP) is 1.69. The molecule has 2 aliphatic rings. The van der Waals surface area contributed by atoms with E-state index in [0.29, 0.717) is 13.0 Å². The monoisotopic (exact) mass is 315 g/mol. The summed E-state index contributed by atoms with van der Waals surface area (Å²) in [6.45, 7) is 9.38. The summed E-state index contributed by atoms with van der Waals surface area (Å²) in [6.07, 6.45) is -0.422. The fourth-order valence-electron chi connectivity index (χ4n) is 2.92. The molecule has 0 aromatic heterocycles. The number of carbonyl (C=O) groups excluding carboxylic acids is 2. The minimum absolute atomic E-state index is 0.0582. The Morgan fingerprint density at radius 2 is 1.91 bits per heavy atom. The van der Waals surface area contributed by atoms with Crippen molar-refractivity contribution in [1.82, 2.24) is 4.90 Å². The van der Waals surface area contributed by atoms with Gasteiger partial charge >= 0.3 is 12.1 Å². The SMILES string of the molecule is COC(=O)[C@]12CN(C(=O)OC(C)(C)C)CC[C@H]1OC(C)(C)O2. The van der Waals surface area contributed by atoms with Gasteiger partial charge in [0.1, 0.15) is 11.7 Å². The second-order valence-corrected chi connectivity index (χ2v) is 7.18. The highest BCUT2D eigenvalue weighted by molar-refractivity contribution is 5.82. The Balaban J connectivity index is 2.22. The largest absolute Gasteiger partial charge is 0.467 e. The van der Waals surface area contributed by atoms with Gasteiger partial charge in [-0.2, -0.15) is 0 Å². The summed E-state index contributed by atoms with van der Waals surface area (Å²) in [5, 5.41) is 0. The first-order valence-corrected chi connectivity index (χ1v) is 7.43. The fourth-order valence-corrected chi connectivity index (χ4v) is 2.92. The van der Waals surface area contributed by atoms with Crippen LogP contribution in [0.15, 0.2) is 0 Å². The lowest BCUT2D eigenvalue weighted by Gasteiger charge is -2.40. The maximum absolute atomic E-state index is 12.3. The van der Waals surface area contributed by atoms with Gasteiger partial charge in [0.25, 0.3) is 0 Å². The third kappa shape index (κ3) is 3.20. The molecule has 0 spiro atoms. The number of rotatable bonds is 1. The van der Waals surface area contributed by atoms with E-state index in [0.717, 1.165) is 0 Å². The van der Waals surface area contributed by atoms with Crippen LogP contribution in [0.25, 0.3) is 0 Å². The molecule has 1 amide bonds. The van der Waals surface area contributed by atoms with Crippen molar-refractivity contribution < 1.29 is 28.5 Å². The molecule has 0 radical (unpaired) electrons. The minimum Gasteiger partial charge on any atom is -0.467 e. The van der Waals surface area contributed by atoms with E-state index in [-0.39, 0.29) is 6.54 Å². The van der Waals surface area contributed by atoms with Crippen LogP contribution in [-0.4, -0.2) is 60.3 Å². The fraction of sp³-hybridized carbons (Fsp3) is 0.867. The molecule has 0 aromatic carbocycles. The zero-order chi connectivity index (χ0) is 16.8. The number of nitrogens with zero attached hydrogens (tertiary/aromatic N) is 1. The van der Waals surface area contributed by atoms with Crippen LogP contribution < -0.4 is 0 Å². The summed E-state index contributed by atoms with van der Waals surface area (Å²) >= 11 is 0. The van der Waals surface area contributed by atoms with Gasteiger partial charge < -0.3 is 23.8 Å². The second-order valence-electron chi connectivity index (χ2n) is 7.18. The van der Waals surface area contributed by atoms with Crippen molar-refractivity contribution in [2.75, 3.05) is 20.2 Å². The van der Waals surface area contributed by atoms with Crippen molar-refractivity contribution in [3.8, 4) is 0 Å². The van der Waals surface area contributed by atoms with Crippen LogP contribution in [0.4, 0.5) is 4.79 Å². The quantitative estimate of drug-likeness (QED) is 0.686. The van der Waals surface area contributed by atoms with Gasteiger partial charge in [-0.05, 0) is 41.0 Å². The molecule has 126 valence electrons. The summed E-state index contributed by atoms with van der Waals surface area (Å²) in [6, 6.07) is 0. The third-order valence-corrected chi connectivity index (χ3v) is 3.64. The van der Waals surface area contributed by atoms with Gasteiger partial charge in [0.15, 0.2) is 5.79 Å². The van der Waals surface area contributed by atoms with E-state index in [1.54, 1.807) is 34.6 Å². The molecular weight excluding hydrogens is 290 g/mol. The molecule has 2 fully saturated rings. The van der Waals surface area contributed by atoms with Crippen molar-refractivity contribution in [1.29, 1.82) is 0 Å². The van der Waals surface area contributed by atoms with Gasteiger partial charge in [-0.3, -0.25) is 0 Å². The Labute approximate surface area is 130 Å². The molecular formula is C15H25NO6. The molecule has 0 bridgehead atoms. The van der Waals surface area contributed by atoms with Crippen molar-refractivity contribution in [2.24, 2.45) is 0 Å². The number of fused-ring (bicyclic) bond motifs is 1. The van der Waals surface area contributed by atoms with Crippen LogP contribution in [0.1, 0.15) is 41.0 Å². The number of hydrogen-bond donors (Lipinski definition) is 0. The molecule has 7 nitrogen and oxygen atoms in total. The lowest BCUT2D eigenvalue weighted by Crippen LogP contribution is -2.62.